The molecule has 3 nitrogen and oxygen atoms in total. The minimum absolute atomic E-state index is 0.123. The molecule has 1 aromatic rings. The Morgan fingerprint density at radius 2 is 2.08 bits per heavy atom. The summed E-state index contributed by atoms with van der Waals surface area (Å²) >= 11 is 0. The second-order valence-electron chi connectivity index (χ2n) is 2.02. The smallest absolute Gasteiger partial charge is 0.388 e. The van der Waals surface area contributed by atoms with Crippen LogP contribution in [-0.2, 0) is 0 Å². The second-order valence-corrected chi connectivity index (χ2v) is 2.02. The Hall–Kier alpha value is -1.77. The van der Waals surface area contributed by atoms with E-state index in [1.165, 1.54) is 12.1 Å². The van der Waals surface area contributed by atoms with Crippen molar-refractivity contribution in [1.29, 1.82) is 5.26 Å². The highest BCUT2D eigenvalue weighted by Gasteiger charge is 2.31. The Labute approximate surface area is 71.4 Å². The van der Waals surface area contributed by atoms with E-state index in [1.54, 1.807) is 6.07 Å². The molecule has 0 saturated heterocycles. The number of ether oxygens (including phenoxy) is 1. The van der Waals surface area contributed by atoms with Crippen molar-refractivity contribution in [2.24, 2.45) is 0 Å². The molecule has 0 fully saturated rings. The molecule has 1 heterocycles. The second kappa shape index (κ2) is 3.31. The number of alkyl halides is 3. The van der Waals surface area contributed by atoms with Gasteiger partial charge in [0.05, 0.1) is 0 Å². The minimum Gasteiger partial charge on any atom is -0.388 e. The van der Waals surface area contributed by atoms with Crippen molar-refractivity contribution in [2.75, 3.05) is 0 Å². The SMILES string of the molecule is N#Cc1cccc(OC(F)(F)F)n1. The molecule has 1 aromatic heterocycles. The predicted octanol–water partition coefficient (Wildman–Crippen LogP) is 1.85. The molecule has 0 radical (unpaired) electrons. The van der Waals surface area contributed by atoms with Crippen LogP contribution in [0.25, 0.3) is 0 Å². The maximum absolute atomic E-state index is 11.6. The zero-order valence-corrected chi connectivity index (χ0v) is 6.17. The molecule has 0 N–H and O–H groups in total. The van der Waals surface area contributed by atoms with Gasteiger partial charge in [0.25, 0.3) is 0 Å². The maximum Gasteiger partial charge on any atom is 0.574 e. The molecule has 0 aromatic carbocycles. The average Bonchev–Trinajstić information content (AvgIpc) is 2.01. The van der Waals surface area contributed by atoms with Gasteiger partial charge in [0, 0.05) is 6.07 Å². The topological polar surface area (TPSA) is 45.9 Å². The summed E-state index contributed by atoms with van der Waals surface area (Å²) in [5.41, 5.74) is -0.123. The number of pyridine rings is 1. The highest BCUT2D eigenvalue weighted by atomic mass is 19.4. The lowest BCUT2D eigenvalue weighted by molar-refractivity contribution is -0.276. The van der Waals surface area contributed by atoms with Crippen LogP contribution in [0.1, 0.15) is 5.69 Å². The van der Waals surface area contributed by atoms with Crippen LogP contribution in [0.3, 0.4) is 0 Å². The summed E-state index contributed by atoms with van der Waals surface area (Å²) in [4.78, 5) is 3.27. The molecule has 0 bridgehead atoms. The molecule has 0 saturated carbocycles. The molecule has 13 heavy (non-hydrogen) atoms. The summed E-state index contributed by atoms with van der Waals surface area (Å²) in [7, 11) is 0. The van der Waals surface area contributed by atoms with Gasteiger partial charge >= 0.3 is 6.36 Å². The molecular formula is C7H3F3N2O. The third-order valence-corrected chi connectivity index (χ3v) is 1.06. The number of nitriles is 1. The fraction of sp³-hybridized carbons (Fsp3) is 0.143. The third-order valence-electron chi connectivity index (χ3n) is 1.06. The van der Waals surface area contributed by atoms with Crippen molar-refractivity contribution in [2.45, 2.75) is 6.36 Å². The molecule has 0 aliphatic carbocycles. The number of halogens is 3. The van der Waals surface area contributed by atoms with E-state index >= 15 is 0 Å². The molecular weight excluding hydrogens is 185 g/mol. The summed E-state index contributed by atoms with van der Waals surface area (Å²) in [6.07, 6.45) is -4.78. The van der Waals surface area contributed by atoms with Gasteiger partial charge in [-0.2, -0.15) is 5.26 Å². The van der Waals surface area contributed by atoms with Crippen molar-refractivity contribution in [3.05, 3.63) is 23.9 Å². The Balaban J connectivity index is 2.86. The largest absolute Gasteiger partial charge is 0.574 e. The lowest BCUT2D eigenvalue weighted by Gasteiger charge is -2.06. The van der Waals surface area contributed by atoms with Crippen molar-refractivity contribution >= 4 is 0 Å². The quantitative estimate of drug-likeness (QED) is 0.675. The number of nitrogens with zero attached hydrogens (tertiary/aromatic N) is 2. The third kappa shape index (κ3) is 2.99. The molecule has 6 heteroatoms. The highest BCUT2D eigenvalue weighted by molar-refractivity contribution is 5.24. The van der Waals surface area contributed by atoms with Gasteiger partial charge in [-0.15, -0.1) is 13.2 Å². The van der Waals surface area contributed by atoms with E-state index in [9.17, 15) is 13.2 Å². The summed E-state index contributed by atoms with van der Waals surface area (Å²) in [6, 6.07) is 5.15. The van der Waals surface area contributed by atoms with Crippen LogP contribution in [0, 0.1) is 11.3 Å². The molecule has 0 spiro atoms. The van der Waals surface area contributed by atoms with E-state index in [-0.39, 0.29) is 5.69 Å². The average molecular weight is 188 g/mol. The van der Waals surface area contributed by atoms with E-state index in [2.05, 4.69) is 9.72 Å². The van der Waals surface area contributed by atoms with Crippen LogP contribution in [0.15, 0.2) is 18.2 Å². The van der Waals surface area contributed by atoms with Crippen LogP contribution >= 0.6 is 0 Å². The molecule has 0 atom stereocenters. The number of rotatable bonds is 1. The number of hydrogen-bond donors (Lipinski definition) is 0. The molecule has 0 unspecified atom stereocenters. The van der Waals surface area contributed by atoms with Crippen molar-refractivity contribution in [1.82, 2.24) is 4.98 Å². The van der Waals surface area contributed by atoms with Crippen LogP contribution in [0.5, 0.6) is 5.88 Å². The summed E-state index contributed by atoms with van der Waals surface area (Å²) in [6.45, 7) is 0. The first-order chi connectivity index (χ1) is 6.01. The molecule has 0 amide bonds. The van der Waals surface area contributed by atoms with Gasteiger partial charge in [0.1, 0.15) is 11.8 Å². The van der Waals surface area contributed by atoms with E-state index in [1.807, 2.05) is 0 Å². The Morgan fingerprint density at radius 3 is 2.62 bits per heavy atom. The normalized spacial score (nSPS) is 10.6. The molecule has 1 rings (SSSR count). The lowest BCUT2D eigenvalue weighted by Crippen LogP contribution is -2.17. The predicted molar refractivity (Wildman–Crippen MR) is 35.6 cm³/mol. The fourth-order valence-corrected chi connectivity index (χ4v) is 0.653. The van der Waals surface area contributed by atoms with E-state index < -0.39 is 12.2 Å². The van der Waals surface area contributed by atoms with Crippen LogP contribution in [0.4, 0.5) is 13.2 Å². The minimum atomic E-state index is -4.78. The van der Waals surface area contributed by atoms with Gasteiger partial charge in [-0.05, 0) is 6.07 Å². The van der Waals surface area contributed by atoms with Crippen LogP contribution in [0.2, 0.25) is 0 Å². The Kier molecular flexibility index (Phi) is 2.37. The molecule has 0 aliphatic heterocycles. The first-order valence-electron chi connectivity index (χ1n) is 3.14. The van der Waals surface area contributed by atoms with E-state index in [0.717, 1.165) is 6.07 Å². The molecule has 0 aliphatic rings. The van der Waals surface area contributed by atoms with Crippen molar-refractivity contribution < 1.29 is 17.9 Å². The van der Waals surface area contributed by atoms with Gasteiger partial charge in [0.2, 0.25) is 5.88 Å². The van der Waals surface area contributed by atoms with Crippen LogP contribution in [-0.4, -0.2) is 11.3 Å². The summed E-state index contributed by atoms with van der Waals surface area (Å²) in [5, 5.41) is 8.31. The van der Waals surface area contributed by atoms with Gasteiger partial charge in [-0.1, -0.05) is 6.07 Å². The van der Waals surface area contributed by atoms with E-state index in [0.29, 0.717) is 0 Å². The number of aromatic nitrogens is 1. The highest BCUT2D eigenvalue weighted by Crippen LogP contribution is 2.20. The summed E-state index contributed by atoms with van der Waals surface area (Å²) < 4.78 is 38.4. The Bertz CT molecular complexity index is 342. The zero-order chi connectivity index (χ0) is 9.90. The standard InChI is InChI=1S/C7H3F3N2O/c8-7(9,10)13-6-3-1-2-5(4-11)12-6/h1-3H. The van der Waals surface area contributed by atoms with Gasteiger partial charge in [-0.25, -0.2) is 4.98 Å². The maximum atomic E-state index is 11.6. The van der Waals surface area contributed by atoms with Gasteiger partial charge < -0.3 is 4.74 Å². The fourth-order valence-electron chi connectivity index (χ4n) is 0.653. The summed E-state index contributed by atoms with van der Waals surface area (Å²) in [5.74, 6) is -0.633. The van der Waals surface area contributed by atoms with E-state index in [4.69, 9.17) is 5.26 Å². The number of hydrogen-bond acceptors (Lipinski definition) is 3. The Morgan fingerprint density at radius 1 is 1.38 bits per heavy atom. The van der Waals surface area contributed by atoms with Crippen molar-refractivity contribution in [3.63, 3.8) is 0 Å². The first kappa shape index (κ1) is 9.32. The monoisotopic (exact) mass is 188 g/mol. The zero-order valence-electron chi connectivity index (χ0n) is 6.17. The van der Waals surface area contributed by atoms with Gasteiger partial charge in [0.15, 0.2) is 0 Å². The molecule has 68 valence electrons. The first-order valence-corrected chi connectivity index (χ1v) is 3.14. The van der Waals surface area contributed by atoms with Crippen LogP contribution < -0.4 is 4.74 Å². The lowest BCUT2D eigenvalue weighted by atomic mass is 10.4. The van der Waals surface area contributed by atoms with Gasteiger partial charge in [-0.3, -0.25) is 0 Å². The van der Waals surface area contributed by atoms with Crippen molar-refractivity contribution in [3.8, 4) is 11.9 Å².